The van der Waals surface area contributed by atoms with Crippen molar-refractivity contribution in [1.29, 1.82) is 0 Å². The molecule has 1 amide bonds. The molecule has 0 unspecified atom stereocenters. The summed E-state index contributed by atoms with van der Waals surface area (Å²) < 4.78 is 55.8. The molecule has 0 bridgehead atoms. The molecule has 5 rings (SSSR count). The zero-order chi connectivity index (χ0) is 32.0. The van der Waals surface area contributed by atoms with E-state index in [1.54, 1.807) is 12.1 Å². The number of allylic oxidation sites excluding steroid dienone is 1. The van der Waals surface area contributed by atoms with E-state index in [4.69, 9.17) is 23.7 Å². The summed E-state index contributed by atoms with van der Waals surface area (Å²) in [5.74, 6) is 2.49. The van der Waals surface area contributed by atoms with E-state index in [0.29, 0.717) is 25.3 Å². The third-order valence-corrected chi connectivity index (χ3v) is 10.3. The van der Waals surface area contributed by atoms with Gasteiger partial charge in [0.1, 0.15) is 5.75 Å². The van der Waals surface area contributed by atoms with Crippen molar-refractivity contribution in [2.24, 2.45) is 11.8 Å². The molecule has 3 heterocycles. The summed E-state index contributed by atoms with van der Waals surface area (Å²) >= 11 is 0. The Morgan fingerprint density at radius 2 is 1.78 bits per heavy atom. The summed E-state index contributed by atoms with van der Waals surface area (Å²) in [4.78, 5) is 17.8. The minimum Gasteiger partial charge on any atom is -0.497 e. The van der Waals surface area contributed by atoms with E-state index in [1.807, 2.05) is 29.2 Å². The van der Waals surface area contributed by atoms with Gasteiger partial charge in [-0.05, 0) is 59.9 Å². The third kappa shape index (κ3) is 8.08. The van der Waals surface area contributed by atoms with Crippen LogP contribution in [0, 0.1) is 11.8 Å². The van der Waals surface area contributed by atoms with Crippen LogP contribution >= 0.6 is 0 Å². The lowest BCUT2D eigenvalue weighted by molar-refractivity contribution is -0.157. The predicted molar refractivity (Wildman–Crippen MR) is 165 cm³/mol. The minimum absolute atomic E-state index is 0.0133. The van der Waals surface area contributed by atoms with Crippen molar-refractivity contribution in [1.82, 2.24) is 14.1 Å². The van der Waals surface area contributed by atoms with E-state index in [9.17, 15) is 18.3 Å². The Kier molecular flexibility index (Phi) is 10.9. The summed E-state index contributed by atoms with van der Waals surface area (Å²) in [6.07, 6.45) is 1.74. The van der Waals surface area contributed by atoms with Gasteiger partial charge < -0.3 is 33.7 Å². The van der Waals surface area contributed by atoms with Crippen LogP contribution in [0.5, 0.6) is 17.2 Å². The van der Waals surface area contributed by atoms with Gasteiger partial charge in [-0.25, -0.2) is 8.42 Å². The molecule has 3 aliphatic rings. The minimum atomic E-state index is -3.87. The van der Waals surface area contributed by atoms with E-state index in [1.165, 1.54) is 23.5 Å². The molecular formula is C32H43N3O9S. The zero-order valence-corrected chi connectivity index (χ0v) is 26.9. The fraction of sp³-hybridized carbons (Fsp3) is 0.531. The van der Waals surface area contributed by atoms with Crippen molar-refractivity contribution >= 4 is 15.9 Å². The predicted octanol–water partition coefficient (Wildman–Crippen LogP) is 2.67. The van der Waals surface area contributed by atoms with Crippen molar-refractivity contribution < 1.29 is 42.0 Å². The van der Waals surface area contributed by atoms with E-state index < -0.39 is 16.3 Å². The average molecular weight is 646 g/mol. The first-order valence-electron chi connectivity index (χ1n) is 15.3. The van der Waals surface area contributed by atoms with Crippen molar-refractivity contribution in [3.8, 4) is 17.2 Å². The number of aliphatic hydroxyl groups is 1. The van der Waals surface area contributed by atoms with Crippen LogP contribution in [0.1, 0.15) is 25.8 Å². The largest absolute Gasteiger partial charge is 0.497 e. The van der Waals surface area contributed by atoms with Crippen LogP contribution in [-0.4, -0.2) is 106 Å². The number of benzene rings is 2. The maximum absolute atomic E-state index is 13.6. The zero-order valence-electron chi connectivity index (χ0n) is 26.1. The maximum Gasteiger partial charge on any atom is 0.288 e. The number of carbonyl (C=O) groups is 1. The molecule has 0 radical (unpaired) electrons. The Bertz CT molecular complexity index is 1440. The lowest BCUT2D eigenvalue weighted by Gasteiger charge is -2.37. The molecule has 3 aliphatic heterocycles. The highest BCUT2D eigenvalue weighted by Crippen LogP contribution is 2.33. The number of piperazine rings is 1. The average Bonchev–Trinajstić information content (AvgIpc) is 3.52. The Labute approximate surface area is 265 Å². The quantitative estimate of drug-likeness (QED) is 0.348. The smallest absolute Gasteiger partial charge is 0.288 e. The summed E-state index contributed by atoms with van der Waals surface area (Å²) in [5, 5.41) is 9.56. The van der Waals surface area contributed by atoms with Gasteiger partial charge in [-0.3, -0.25) is 9.69 Å². The van der Waals surface area contributed by atoms with Gasteiger partial charge in [0.15, 0.2) is 17.3 Å². The number of rotatable bonds is 13. The number of sulfonamides is 1. The maximum atomic E-state index is 13.6. The molecule has 45 heavy (non-hydrogen) atoms. The van der Waals surface area contributed by atoms with Crippen LogP contribution in [0.2, 0.25) is 0 Å². The number of hydrogen-bond donors (Lipinski definition) is 1. The van der Waals surface area contributed by atoms with Crippen molar-refractivity contribution in [2.75, 3.05) is 66.4 Å². The van der Waals surface area contributed by atoms with Gasteiger partial charge in [0.2, 0.25) is 23.1 Å². The van der Waals surface area contributed by atoms with Gasteiger partial charge in [0.25, 0.3) is 5.91 Å². The van der Waals surface area contributed by atoms with Crippen LogP contribution in [0.4, 0.5) is 0 Å². The number of nitrogens with zero attached hydrogens (tertiary/aromatic N) is 3. The third-order valence-electron chi connectivity index (χ3n) is 8.35. The first-order valence-corrected chi connectivity index (χ1v) is 16.8. The molecule has 246 valence electrons. The fourth-order valence-electron chi connectivity index (χ4n) is 5.61. The Balaban J connectivity index is 1.15. The summed E-state index contributed by atoms with van der Waals surface area (Å²) in [7, 11) is -2.36. The lowest BCUT2D eigenvalue weighted by Crippen LogP contribution is -2.49. The number of carbonyl (C=O) groups excluding carboxylic acids is 1. The number of amides is 1. The molecule has 2 atom stereocenters. The highest BCUT2D eigenvalue weighted by Gasteiger charge is 2.33. The normalized spacial score (nSPS) is 20.3. The molecule has 1 saturated heterocycles. The first-order chi connectivity index (χ1) is 21.7. The van der Waals surface area contributed by atoms with Gasteiger partial charge in [-0.1, -0.05) is 19.9 Å². The first kappa shape index (κ1) is 33.0. The van der Waals surface area contributed by atoms with Gasteiger partial charge in [-0.2, -0.15) is 4.31 Å². The van der Waals surface area contributed by atoms with Crippen LogP contribution in [0.3, 0.4) is 0 Å². The molecule has 2 aromatic rings. The fourth-order valence-corrected chi connectivity index (χ4v) is 7.03. The summed E-state index contributed by atoms with van der Waals surface area (Å²) in [5.41, 5.74) is 1.13. The molecule has 13 heteroatoms. The van der Waals surface area contributed by atoms with Crippen LogP contribution in [-0.2, 0) is 30.8 Å². The second kappa shape index (κ2) is 14.8. The highest BCUT2D eigenvalue weighted by atomic mass is 32.2. The number of ether oxygens (including phenoxy) is 5. The summed E-state index contributed by atoms with van der Waals surface area (Å²) in [6.45, 7) is 7.40. The van der Waals surface area contributed by atoms with Gasteiger partial charge in [-0.15, -0.1) is 0 Å². The molecule has 1 fully saturated rings. The van der Waals surface area contributed by atoms with Gasteiger partial charge in [0, 0.05) is 52.2 Å². The molecule has 0 aliphatic carbocycles. The molecular weight excluding hydrogens is 602 g/mol. The van der Waals surface area contributed by atoms with E-state index in [-0.39, 0.29) is 61.5 Å². The summed E-state index contributed by atoms with van der Waals surface area (Å²) in [6, 6.07) is 12.1. The van der Waals surface area contributed by atoms with Crippen LogP contribution < -0.4 is 14.2 Å². The topological polar surface area (TPSA) is 127 Å². The Morgan fingerprint density at radius 3 is 2.47 bits per heavy atom. The molecule has 0 aromatic heterocycles. The molecule has 1 N–H and O–H groups in total. The lowest BCUT2D eigenvalue weighted by atomic mass is 9.90. The Hall–Kier alpha value is -3.36. The van der Waals surface area contributed by atoms with Crippen molar-refractivity contribution in [3.63, 3.8) is 0 Å². The number of methoxy groups -OCH3 is 1. The monoisotopic (exact) mass is 645 g/mol. The van der Waals surface area contributed by atoms with Gasteiger partial charge in [0.05, 0.1) is 25.2 Å². The highest BCUT2D eigenvalue weighted by molar-refractivity contribution is 7.89. The number of aliphatic hydroxyl groups excluding tert-OH is 1. The van der Waals surface area contributed by atoms with E-state index in [0.717, 1.165) is 36.7 Å². The second-order valence-corrected chi connectivity index (χ2v) is 13.6. The number of fused-ring (bicyclic) bond motifs is 1. The second-order valence-electron chi connectivity index (χ2n) is 11.7. The molecule has 0 spiro atoms. The SMILES string of the molecule is COc1ccc(S(=O)(=O)N(CCO)CCO[C@H]2C[C@@H](C(C)C)C=C(C(=O)N3CCN(Cc4ccc5c(c4)OCO5)CC3)O2)cc1. The van der Waals surface area contributed by atoms with Crippen molar-refractivity contribution in [2.45, 2.75) is 38.0 Å². The number of hydrogen-bond acceptors (Lipinski definition) is 10. The van der Waals surface area contributed by atoms with E-state index in [2.05, 4.69) is 18.7 Å². The van der Waals surface area contributed by atoms with Gasteiger partial charge >= 0.3 is 0 Å². The Morgan fingerprint density at radius 1 is 1.04 bits per heavy atom. The van der Waals surface area contributed by atoms with E-state index >= 15 is 0 Å². The van der Waals surface area contributed by atoms with Crippen molar-refractivity contribution in [3.05, 3.63) is 59.9 Å². The molecule has 12 nitrogen and oxygen atoms in total. The molecule has 2 aromatic carbocycles. The van der Waals surface area contributed by atoms with Crippen LogP contribution in [0.25, 0.3) is 0 Å². The standard InChI is InChI=1S/C32H43N3O9S/c1-23(2)25-19-30(32(37)34-12-10-33(11-13-34)21-24-4-9-28-29(18-24)43-22-42-28)44-31(20-25)41-17-15-35(14-16-36)45(38,39)27-7-5-26(40-3)6-8-27/h4-9,18-19,23,25,31,36H,10-17,20-22H2,1-3H3/t25-,31+/m0/s1. The molecule has 0 saturated carbocycles. The van der Waals surface area contributed by atoms with Crippen LogP contribution in [0.15, 0.2) is 59.2 Å².